The van der Waals surface area contributed by atoms with Crippen LogP contribution in [-0.4, -0.2) is 14.7 Å². The minimum atomic E-state index is 0.267. The lowest BCUT2D eigenvalue weighted by atomic mass is 10.2. The number of imidazole rings is 1. The van der Waals surface area contributed by atoms with E-state index in [-0.39, 0.29) is 5.75 Å². The van der Waals surface area contributed by atoms with Gasteiger partial charge in [-0.15, -0.1) is 0 Å². The van der Waals surface area contributed by atoms with Crippen LogP contribution in [0.1, 0.15) is 0 Å². The van der Waals surface area contributed by atoms with Crippen molar-refractivity contribution in [3.63, 3.8) is 0 Å². The number of phenols is 1. The Balaban J connectivity index is 2.24. The maximum atomic E-state index is 9.81. The Morgan fingerprint density at radius 2 is 2.00 bits per heavy atom. The molecule has 96 valence electrons. The zero-order valence-corrected chi connectivity index (χ0v) is 13.0. The molecule has 0 aliphatic heterocycles. The maximum Gasteiger partial charge on any atom is 0.140 e. The fourth-order valence-corrected chi connectivity index (χ4v) is 2.58. The summed E-state index contributed by atoms with van der Waals surface area (Å²) < 4.78 is 2.82. The van der Waals surface area contributed by atoms with Crippen LogP contribution >= 0.6 is 34.2 Å². The third-order valence-electron chi connectivity index (χ3n) is 3.05. The van der Waals surface area contributed by atoms with Crippen molar-refractivity contribution < 1.29 is 5.11 Å². The monoisotopic (exact) mass is 384 g/mol. The van der Waals surface area contributed by atoms with E-state index in [2.05, 4.69) is 27.6 Å². The first-order chi connectivity index (χ1) is 9.06. The number of halogens is 2. The Bertz CT molecular complexity index is 782. The van der Waals surface area contributed by atoms with E-state index in [1.54, 1.807) is 6.07 Å². The Morgan fingerprint density at radius 1 is 1.21 bits per heavy atom. The molecule has 0 saturated carbocycles. The maximum absolute atomic E-state index is 9.81. The highest BCUT2D eigenvalue weighted by atomic mass is 127. The summed E-state index contributed by atoms with van der Waals surface area (Å²) in [7, 11) is 1.95. The molecular weight excluding hydrogens is 375 g/mol. The second-order valence-electron chi connectivity index (χ2n) is 4.29. The molecule has 0 saturated heterocycles. The molecule has 3 rings (SSSR count). The van der Waals surface area contributed by atoms with E-state index in [9.17, 15) is 5.11 Å². The third-order valence-corrected chi connectivity index (χ3v) is 4.19. The van der Waals surface area contributed by atoms with E-state index < -0.39 is 0 Å². The number of fused-ring (bicyclic) bond motifs is 1. The number of rotatable bonds is 1. The molecule has 0 radical (unpaired) electrons. The van der Waals surface area contributed by atoms with E-state index in [1.165, 1.54) is 0 Å². The molecule has 0 atom stereocenters. The fraction of sp³-hybridized carbons (Fsp3) is 0.0714. The van der Waals surface area contributed by atoms with Gasteiger partial charge in [-0.1, -0.05) is 11.6 Å². The minimum absolute atomic E-state index is 0.267. The molecule has 0 aliphatic rings. The van der Waals surface area contributed by atoms with E-state index >= 15 is 0 Å². The molecule has 1 aromatic heterocycles. The predicted molar refractivity (Wildman–Crippen MR) is 85.5 cm³/mol. The van der Waals surface area contributed by atoms with Crippen molar-refractivity contribution in [2.45, 2.75) is 0 Å². The van der Waals surface area contributed by atoms with Crippen LogP contribution in [0.3, 0.4) is 0 Å². The Kier molecular flexibility index (Phi) is 3.14. The SMILES string of the molecule is Cn1c(-c2ccc(I)c(O)c2)nc2cc(Cl)ccc21. The first-order valence-corrected chi connectivity index (χ1v) is 7.13. The highest BCUT2D eigenvalue weighted by Gasteiger charge is 2.11. The van der Waals surface area contributed by atoms with Crippen LogP contribution in [0.2, 0.25) is 5.02 Å². The van der Waals surface area contributed by atoms with E-state index in [0.717, 1.165) is 26.0 Å². The van der Waals surface area contributed by atoms with Gasteiger partial charge in [-0.05, 0) is 59.0 Å². The normalized spacial score (nSPS) is 11.1. The van der Waals surface area contributed by atoms with Crippen LogP contribution < -0.4 is 0 Å². The number of phenolic OH excluding ortho intramolecular Hbond substituents is 1. The highest BCUT2D eigenvalue weighted by molar-refractivity contribution is 14.1. The fourth-order valence-electron chi connectivity index (χ4n) is 2.08. The van der Waals surface area contributed by atoms with Gasteiger partial charge in [-0.2, -0.15) is 0 Å². The van der Waals surface area contributed by atoms with Crippen LogP contribution in [0.15, 0.2) is 36.4 Å². The van der Waals surface area contributed by atoms with Crippen molar-refractivity contribution in [1.82, 2.24) is 9.55 Å². The molecule has 1 N–H and O–H groups in total. The second kappa shape index (κ2) is 4.68. The molecule has 19 heavy (non-hydrogen) atoms. The average molecular weight is 385 g/mol. The van der Waals surface area contributed by atoms with Crippen molar-refractivity contribution in [2.75, 3.05) is 0 Å². The van der Waals surface area contributed by atoms with Gasteiger partial charge in [0.2, 0.25) is 0 Å². The van der Waals surface area contributed by atoms with Gasteiger partial charge in [0.25, 0.3) is 0 Å². The summed E-state index contributed by atoms with van der Waals surface area (Å²) in [5.41, 5.74) is 2.74. The molecule has 2 aromatic carbocycles. The Labute approximate surface area is 129 Å². The summed E-state index contributed by atoms with van der Waals surface area (Å²) >= 11 is 8.08. The summed E-state index contributed by atoms with van der Waals surface area (Å²) in [5.74, 6) is 1.08. The van der Waals surface area contributed by atoms with Crippen LogP contribution in [0.25, 0.3) is 22.4 Å². The summed E-state index contributed by atoms with van der Waals surface area (Å²) in [6.07, 6.45) is 0. The van der Waals surface area contributed by atoms with Gasteiger partial charge >= 0.3 is 0 Å². The van der Waals surface area contributed by atoms with Crippen LogP contribution in [0.4, 0.5) is 0 Å². The molecule has 3 aromatic rings. The van der Waals surface area contributed by atoms with Gasteiger partial charge in [0.15, 0.2) is 0 Å². The number of hydrogen-bond acceptors (Lipinski definition) is 2. The quantitative estimate of drug-likeness (QED) is 0.639. The smallest absolute Gasteiger partial charge is 0.140 e. The standard InChI is InChI=1S/C14H10ClIN2O/c1-18-12-5-3-9(15)7-11(12)17-14(18)8-2-4-10(16)13(19)6-8/h2-7,19H,1H3. The van der Waals surface area contributed by atoms with Gasteiger partial charge in [-0.3, -0.25) is 0 Å². The number of hydrogen-bond donors (Lipinski definition) is 1. The summed E-state index contributed by atoms with van der Waals surface area (Å²) in [6.45, 7) is 0. The van der Waals surface area contributed by atoms with Crippen molar-refractivity contribution >= 4 is 45.2 Å². The van der Waals surface area contributed by atoms with Gasteiger partial charge in [0, 0.05) is 17.6 Å². The van der Waals surface area contributed by atoms with E-state index in [0.29, 0.717) is 5.02 Å². The first-order valence-electron chi connectivity index (χ1n) is 5.67. The number of benzene rings is 2. The van der Waals surface area contributed by atoms with Crippen LogP contribution in [0, 0.1) is 3.57 Å². The van der Waals surface area contributed by atoms with Gasteiger partial charge in [0.05, 0.1) is 14.6 Å². The zero-order chi connectivity index (χ0) is 13.6. The molecule has 5 heteroatoms. The molecule has 0 fully saturated rings. The molecule has 0 spiro atoms. The number of aromatic hydroxyl groups is 1. The molecule has 3 nitrogen and oxygen atoms in total. The van der Waals surface area contributed by atoms with Crippen LogP contribution in [-0.2, 0) is 7.05 Å². The number of nitrogens with zero attached hydrogens (tertiary/aromatic N) is 2. The lowest BCUT2D eigenvalue weighted by Crippen LogP contribution is -1.92. The van der Waals surface area contributed by atoms with Crippen LogP contribution in [0.5, 0.6) is 5.75 Å². The van der Waals surface area contributed by atoms with Gasteiger partial charge in [0.1, 0.15) is 11.6 Å². The lowest BCUT2D eigenvalue weighted by Gasteiger charge is -2.04. The highest BCUT2D eigenvalue weighted by Crippen LogP contribution is 2.29. The zero-order valence-electron chi connectivity index (χ0n) is 10.1. The van der Waals surface area contributed by atoms with Crippen molar-refractivity contribution in [3.05, 3.63) is 45.0 Å². The topological polar surface area (TPSA) is 38.0 Å². The summed E-state index contributed by atoms with van der Waals surface area (Å²) in [6, 6.07) is 11.2. The Hall–Kier alpha value is -1.27. The first kappa shape index (κ1) is 12.7. The number of aryl methyl sites for hydroxylation is 1. The van der Waals surface area contributed by atoms with Gasteiger partial charge in [-0.25, -0.2) is 4.98 Å². The summed E-state index contributed by atoms with van der Waals surface area (Å²) in [5, 5.41) is 10.5. The second-order valence-corrected chi connectivity index (χ2v) is 5.89. The van der Waals surface area contributed by atoms with Crippen molar-refractivity contribution in [1.29, 1.82) is 0 Å². The van der Waals surface area contributed by atoms with Crippen molar-refractivity contribution in [2.24, 2.45) is 7.05 Å². The molecule has 0 unspecified atom stereocenters. The lowest BCUT2D eigenvalue weighted by molar-refractivity contribution is 0.471. The molecular formula is C14H10ClIN2O. The minimum Gasteiger partial charge on any atom is -0.507 e. The molecule has 0 bridgehead atoms. The predicted octanol–water partition coefficient (Wildman–Crippen LogP) is 4.20. The molecule has 0 amide bonds. The third kappa shape index (κ3) is 2.19. The largest absolute Gasteiger partial charge is 0.507 e. The van der Waals surface area contributed by atoms with E-state index in [1.807, 2.05) is 41.9 Å². The van der Waals surface area contributed by atoms with Crippen molar-refractivity contribution in [3.8, 4) is 17.1 Å². The van der Waals surface area contributed by atoms with Gasteiger partial charge < -0.3 is 9.67 Å². The molecule has 1 heterocycles. The Morgan fingerprint density at radius 3 is 2.74 bits per heavy atom. The molecule has 0 aliphatic carbocycles. The van der Waals surface area contributed by atoms with E-state index in [4.69, 9.17) is 11.6 Å². The summed E-state index contributed by atoms with van der Waals surface area (Å²) in [4.78, 5) is 4.58. The average Bonchev–Trinajstić information content (AvgIpc) is 2.70. The number of aromatic nitrogens is 2.